The maximum Gasteiger partial charge on any atom is 0.309 e. The molecule has 1 amide bonds. The van der Waals surface area contributed by atoms with Gasteiger partial charge in [-0.2, -0.15) is 0 Å². The van der Waals surface area contributed by atoms with Gasteiger partial charge in [0.15, 0.2) is 0 Å². The van der Waals surface area contributed by atoms with E-state index in [-0.39, 0.29) is 36.2 Å². The van der Waals surface area contributed by atoms with E-state index in [1.807, 2.05) is 34.6 Å². The third-order valence-corrected chi connectivity index (χ3v) is 5.04. The Hall–Kier alpha value is -1.14. The first kappa shape index (κ1) is 24.9. The number of methoxy groups -OCH3 is 1. The molecule has 0 aliphatic rings. The van der Waals surface area contributed by atoms with E-state index in [1.165, 1.54) is 0 Å². The number of nitrogens with two attached hydrogens (primary N) is 1. The van der Waals surface area contributed by atoms with E-state index in [2.05, 4.69) is 13.8 Å². The summed E-state index contributed by atoms with van der Waals surface area (Å²) in [4.78, 5) is 26.8. The molecule has 0 saturated heterocycles. The van der Waals surface area contributed by atoms with Gasteiger partial charge in [-0.05, 0) is 32.6 Å². The molecule has 26 heavy (non-hydrogen) atoms. The van der Waals surface area contributed by atoms with Crippen LogP contribution in [0.1, 0.15) is 67.7 Å². The molecule has 0 fully saturated rings. The van der Waals surface area contributed by atoms with Crippen molar-refractivity contribution in [1.82, 2.24) is 4.90 Å². The minimum absolute atomic E-state index is 0.0920. The van der Waals surface area contributed by atoms with E-state index < -0.39 is 17.7 Å². The van der Waals surface area contributed by atoms with Gasteiger partial charge in [0.2, 0.25) is 5.91 Å². The molecule has 0 aliphatic carbocycles. The number of carbonyl (C=O) groups excluding carboxylic acids is 2. The zero-order chi connectivity index (χ0) is 20.7. The van der Waals surface area contributed by atoms with E-state index in [4.69, 9.17) is 15.2 Å². The molecule has 6 heteroatoms. The molecule has 0 aliphatic heterocycles. The Labute approximate surface area is 159 Å². The molecule has 0 radical (unpaired) electrons. The zero-order valence-corrected chi connectivity index (χ0v) is 18.2. The van der Waals surface area contributed by atoms with Crippen LogP contribution in [0.5, 0.6) is 0 Å². The summed E-state index contributed by atoms with van der Waals surface area (Å²) in [6.07, 6.45) is 1.34. The van der Waals surface area contributed by atoms with Crippen LogP contribution in [-0.4, -0.2) is 54.7 Å². The zero-order valence-electron chi connectivity index (χ0n) is 18.2. The van der Waals surface area contributed by atoms with Gasteiger partial charge in [-0.15, -0.1) is 0 Å². The third-order valence-electron chi connectivity index (χ3n) is 5.04. The summed E-state index contributed by atoms with van der Waals surface area (Å²) in [6, 6.07) is -0.810. The lowest BCUT2D eigenvalue weighted by molar-refractivity contribution is -0.160. The van der Waals surface area contributed by atoms with Crippen LogP contribution in [-0.2, 0) is 19.1 Å². The summed E-state index contributed by atoms with van der Waals surface area (Å²) >= 11 is 0. The maximum absolute atomic E-state index is 12.9. The van der Waals surface area contributed by atoms with Gasteiger partial charge in [-0.3, -0.25) is 9.59 Å². The van der Waals surface area contributed by atoms with Gasteiger partial charge in [0, 0.05) is 14.2 Å². The van der Waals surface area contributed by atoms with Crippen LogP contribution in [0.15, 0.2) is 0 Å². The summed E-state index contributed by atoms with van der Waals surface area (Å²) in [5.41, 5.74) is 5.60. The Balaban J connectivity index is 5.43. The summed E-state index contributed by atoms with van der Waals surface area (Å²) in [6.45, 7) is 13.6. The number of likely N-dealkylation sites (N-methyl/N-ethyl adjacent to an activating group) is 1. The van der Waals surface area contributed by atoms with Gasteiger partial charge < -0.3 is 20.1 Å². The molecule has 0 bridgehead atoms. The molecular weight excluding hydrogens is 332 g/mol. The van der Waals surface area contributed by atoms with E-state index in [1.54, 1.807) is 19.1 Å². The lowest BCUT2D eigenvalue weighted by atomic mass is 9.89. The number of esters is 1. The topological polar surface area (TPSA) is 81.9 Å². The second-order valence-corrected chi connectivity index (χ2v) is 8.30. The van der Waals surface area contributed by atoms with Crippen molar-refractivity contribution >= 4 is 11.9 Å². The minimum Gasteiger partial charge on any atom is -0.460 e. The van der Waals surface area contributed by atoms with Crippen LogP contribution in [0.3, 0.4) is 0 Å². The summed E-state index contributed by atoms with van der Waals surface area (Å²) in [5.74, 6) is -0.199. The fraction of sp³-hybridized carbons (Fsp3) is 0.900. The molecule has 0 aromatic rings. The minimum atomic E-state index is -0.560. The lowest BCUT2D eigenvalue weighted by Crippen LogP contribution is -2.55. The van der Waals surface area contributed by atoms with Crippen LogP contribution in [0.4, 0.5) is 0 Å². The molecule has 0 saturated carbocycles. The Morgan fingerprint density at radius 1 is 1.08 bits per heavy atom. The maximum atomic E-state index is 12.9. The van der Waals surface area contributed by atoms with Crippen molar-refractivity contribution in [2.75, 3.05) is 14.2 Å². The summed E-state index contributed by atoms with van der Waals surface area (Å²) < 4.78 is 11.1. The third kappa shape index (κ3) is 7.62. The van der Waals surface area contributed by atoms with E-state index >= 15 is 0 Å². The Morgan fingerprint density at radius 2 is 1.58 bits per heavy atom. The number of nitrogens with zero attached hydrogens (tertiary/aromatic N) is 1. The van der Waals surface area contributed by atoms with Crippen LogP contribution in [0.2, 0.25) is 0 Å². The number of hydrogen-bond donors (Lipinski definition) is 1. The number of hydrogen-bond acceptors (Lipinski definition) is 5. The predicted octanol–water partition coefficient (Wildman–Crippen LogP) is 2.98. The molecule has 6 nitrogen and oxygen atoms in total. The molecule has 0 unspecified atom stereocenters. The first-order valence-electron chi connectivity index (χ1n) is 9.66. The first-order valence-corrected chi connectivity index (χ1v) is 9.66. The van der Waals surface area contributed by atoms with Crippen molar-refractivity contribution in [3.05, 3.63) is 0 Å². The van der Waals surface area contributed by atoms with Crippen molar-refractivity contribution in [2.24, 2.45) is 17.6 Å². The van der Waals surface area contributed by atoms with Crippen LogP contribution in [0.25, 0.3) is 0 Å². The monoisotopic (exact) mass is 372 g/mol. The Bertz CT molecular complexity index is 448. The van der Waals surface area contributed by atoms with Crippen molar-refractivity contribution in [3.8, 4) is 0 Å². The molecule has 0 aromatic heterocycles. The van der Waals surface area contributed by atoms with Crippen molar-refractivity contribution in [3.63, 3.8) is 0 Å². The predicted molar refractivity (Wildman–Crippen MR) is 105 cm³/mol. The largest absolute Gasteiger partial charge is 0.460 e. The molecular formula is C20H40N2O4. The van der Waals surface area contributed by atoms with Crippen molar-refractivity contribution in [2.45, 2.75) is 91.5 Å². The highest BCUT2D eigenvalue weighted by Gasteiger charge is 2.37. The number of amides is 1. The fourth-order valence-electron chi connectivity index (χ4n) is 3.01. The van der Waals surface area contributed by atoms with Gasteiger partial charge in [0.25, 0.3) is 0 Å². The van der Waals surface area contributed by atoms with Crippen LogP contribution >= 0.6 is 0 Å². The average molecular weight is 373 g/mol. The normalized spacial score (nSPS) is 17.8. The standard InChI is InChI=1S/C20H40N2O4/c1-10-13(3)17(21)19(24)22(8)18(14(4)11-2)15(25-9)12-16(23)26-20(5,6)7/h13-15,17-18H,10-12,21H2,1-9H3/t13-,14-,15+,17-,18-/m0/s1. The Morgan fingerprint density at radius 3 is 1.96 bits per heavy atom. The number of rotatable bonds is 10. The molecule has 0 rings (SSSR count). The highest BCUT2D eigenvalue weighted by atomic mass is 16.6. The van der Waals surface area contributed by atoms with Crippen molar-refractivity contribution < 1.29 is 19.1 Å². The SMILES string of the molecule is CC[C@H](C)[C@@H]([C@@H](CC(=O)OC(C)(C)C)OC)N(C)C(=O)[C@@H](N)[C@@H](C)CC. The van der Waals surface area contributed by atoms with Gasteiger partial charge in [0.05, 0.1) is 24.6 Å². The second kappa shape index (κ2) is 10.9. The highest BCUT2D eigenvalue weighted by molar-refractivity contribution is 5.82. The van der Waals surface area contributed by atoms with E-state index in [9.17, 15) is 9.59 Å². The lowest BCUT2D eigenvalue weighted by Gasteiger charge is -2.39. The second-order valence-electron chi connectivity index (χ2n) is 8.30. The van der Waals surface area contributed by atoms with Crippen molar-refractivity contribution in [1.29, 1.82) is 0 Å². The first-order chi connectivity index (χ1) is 11.9. The molecule has 0 aromatic carbocycles. The molecule has 0 heterocycles. The highest BCUT2D eigenvalue weighted by Crippen LogP contribution is 2.24. The smallest absolute Gasteiger partial charge is 0.309 e. The molecule has 2 N–H and O–H groups in total. The fourth-order valence-corrected chi connectivity index (χ4v) is 3.01. The number of ether oxygens (including phenoxy) is 2. The van der Waals surface area contributed by atoms with E-state index in [0.29, 0.717) is 0 Å². The quantitative estimate of drug-likeness (QED) is 0.596. The molecule has 0 spiro atoms. The number of carbonyl (C=O) groups is 2. The summed E-state index contributed by atoms with van der Waals surface area (Å²) in [5, 5.41) is 0. The van der Waals surface area contributed by atoms with Gasteiger partial charge in [-0.25, -0.2) is 0 Å². The summed E-state index contributed by atoms with van der Waals surface area (Å²) in [7, 11) is 3.32. The van der Waals surface area contributed by atoms with Crippen LogP contribution in [0, 0.1) is 11.8 Å². The van der Waals surface area contributed by atoms with Gasteiger partial charge in [0.1, 0.15) is 5.60 Å². The van der Waals surface area contributed by atoms with E-state index in [0.717, 1.165) is 12.8 Å². The molecule has 5 atom stereocenters. The average Bonchev–Trinajstić information content (AvgIpc) is 2.56. The van der Waals surface area contributed by atoms with Gasteiger partial charge in [-0.1, -0.05) is 40.5 Å². The van der Waals surface area contributed by atoms with Gasteiger partial charge >= 0.3 is 5.97 Å². The van der Waals surface area contributed by atoms with Crippen LogP contribution < -0.4 is 5.73 Å². The molecule has 154 valence electrons. The Kier molecular flexibility index (Phi) is 10.4.